The second kappa shape index (κ2) is 4.03. The zero-order valence-corrected chi connectivity index (χ0v) is 9.62. The first kappa shape index (κ1) is 10.6. The van der Waals surface area contributed by atoms with Crippen LogP contribution in [0, 0.1) is 29.0 Å². The average molecular weight is 230 g/mol. The summed E-state index contributed by atoms with van der Waals surface area (Å²) in [4.78, 5) is 0. The van der Waals surface area contributed by atoms with Crippen LogP contribution in [0.2, 0.25) is 0 Å². The van der Waals surface area contributed by atoms with Crippen molar-refractivity contribution >= 4 is 5.69 Å². The topological polar surface area (TPSA) is 35.8 Å². The molecule has 1 N–H and O–H groups in total. The second-order valence-corrected chi connectivity index (χ2v) is 5.23. The van der Waals surface area contributed by atoms with Gasteiger partial charge in [0.25, 0.3) is 0 Å². The molecule has 17 heavy (non-hydrogen) atoms. The van der Waals surface area contributed by atoms with Crippen LogP contribution in [0.25, 0.3) is 0 Å². The number of nitrogens with zero attached hydrogens (tertiary/aromatic N) is 1. The lowest BCUT2D eigenvalue weighted by Crippen LogP contribution is -2.25. The van der Waals surface area contributed by atoms with Crippen LogP contribution in [-0.2, 0) is 0 Å². The maximum Gasteiger partial charge on any atom is 0.141 e. The number of fused-ring (bicyclic) bond motifs is 2. The highest BCUT2D eigenvalue weighted by molar-refractivity contribution is 5.50. The van der Waals surface area contributed by atoms with E-state index in [-0.39, 0.29) is 5.56 Å². The van der Waals surface area contributed by atoms with Gasteiger partial charge in [-0.3, -0.25) is 0 Å². The maximum atomic E-state index is 13.2. The molecule has 1 aromatic carbocycles. The predicted molar refractivity (Wildman–Crippen MR) is 64.0 cm³/mol. The molecule has 0 spiro atoms. The normalized spacial score (nSPS) is 30.2. The molecule has 0 aliphatic heterocycles. The summed E-state index contributed by atoms with van der Waals surface area (Å²) in [5.41, 5.74) is 0.999. The Hall–Kier alpha value is -1.56. The number of halogens is 1. The molecular weight excluding hydrogens is 215 g/mol. The van der Waals surface area contributed by atoms with Crippen LogP contribution in [0.15, 0.2) is 18.2 Å². The first-order valence-electron chi connectivity index (χ1n) is 6.22. The highest BCUT2D eigenvalue weighted by atomic mass is 19.1. The Morgan fingerprint density at radius 3 is 2.82 bits per heavy atom. The fraction of sp³-hybridized carbons (Fsp3) is 0.500. The number of benzene rings is 1. The minimum absolute atomic E-state index is 0.123. The number of anilines is 1. The van der Waals surface area contributed by atoms with Gasteiger partial charge in [0.05, 0.1) is 5.56 Å². The Labute approximate surface area is 100 Å². The first-order valence-corrected chi connectivity index (χ1v) is 6.22. The van der Waals surface area contributed by atoms with Gasteiger partial charge in [0.1, 0.15) is 11.9 Å². The Kier molecular flexibility index (Phi) is 2.51. The summed E-state index contributed by atoms with van der Waals surface area (Å²) in [5, 5.41) is 12.2. The van der Waals surface area contributed by atoms with Crippen LogP contribution >= 0.6 is 0 Å². The van der Waals surface area contributed by atoms with Crippen LogP contribution in [0.3, 0.4) is 0 Å². The smallest absolute Gasteiger partial charge is 0.141 e. The number of hydrogen-bond acceptors (Lipinski definition) is 2. The first-order chi connectivity index (χ1) is 8.26. The maximum absolute atomic E-state index is 13.2. The van der Waals surface area contributed by atoms with Crippen molar-refractivity contribution in [2.24, 2.45) is 11.8 Å². The van der Waals surface area contributed by atoms with Crippen molar-refractivity contribution in [1.82, 2.24) is 0 Å². The van der Waals surface area contributed by atoms with Crippen LogP contribution in [0.4, 0.5) is 10.1 Å². The molecule has 2 bridgehead atoms. The van der Waals surface area contributed by atoms with Gasteiger partial charge >= 0.3 is 0 Å². The van der Waals surface area contributed by atoms with Crippen LogP contribution in [-0.4, -0.2) is 6.04 Å². The van der Waals surface area contributed by atoms with E-state index in [1.807, 2.05) is 6.07 Å². The zero-order chi connectivity index (χ0) is 11.8. The minimum Gasteiger partial charge on any atom is -0.382 e. The molecule has 3 unspecified atom stereocenters. The highest BCUT2D eigenvalue weighted by Crippen LogP contribution is 2.45. The lowest BCUT2D eigenvalue weighted by molar-refractivity contribution is 0.439. The summed E-state index contributed by atoms with van der Waals surface area (Å²) < 4.78 is 13.2. The predicted octanol–water partition coefficient (Wildman–Crippen LogP) is 3.30. The fourth-order valence-electron chi connectivity index (χ4n) is 3.34. The molecule has 0 amide bonds. The Bertz CT molecular complexity index is 478. The molecule has 1 aromatic rings. The van der Waals surface area contributed by atoms with Crippen LogP contribution in [0.5, 0.6) is 0 Å². The number of rotatable bonds is 2. The molecular formula is C14H15FN2. The molecule has 2 fully saturated rings. The van der Waals surface area contributed by atoms with Gasteiger partial charge in [-0.2, -0.15) is 5.26 Å². The van der Waals surface area contributed by atoms with Gasteiger partial charge in [-0.1, -0.05) is 6.42 Å². The molecule has 3 heteroatoms. The van der Waals surface area contributed by atoms with Crippen LogP contribution < -0.4 is 5.32 Å². The van der Waals surface area contributed by atoms with E-state index in [0.717, 1.165) is 17.5 Å². The number of hydrogen-bond donors (Lipinski definition) is 1. The molecule has 0 heterocycles. The van der Waals surface area contributed by atoms with Crippen LogP contribution in [0.1, 0.15) is 31.2 Å². The molecule has 3 atom stereocenters. The van der Waals surface area contributed by atoms with Gasteiger partial charge in [0.15, 0.2) is 0 Å². The standard InChI is InChI=1S/C14H15FN2/c15-13-4-3-12(7-11(13)8-16)17-14-6-9-1-2-10(14)5-9/h3-4,7,9-10,14,17H,1-2,5-6H2. The summed E-state index contributed by atoms with van der Waals surface area (Å²) >= 11 is 0. The fourth-order valence-corrected chi connectivity index (χ4v) is 3.34. The van der Waals surface area contributed by atoms with Crippen molar-refractivity contribution in [2.45, 2.75) is 31.7 Å². The number of nitriles is 1. The van der Waals surface area contributed by atoms with Gasteiger partial charge in [-0.05, 0) is 49.3 Å². The molecule has 2 aliphatic carbocycles. The van der Waals surface area contributed by atoms with Gasteiger partial charge in [0.2, 0.25) is 0 Å². The third-order valence-electron chi connectivity index (χ3n) is 4.18. The van der Waals surface area contributed by atoms with Gasteiger partial charge < -0.3 is 5.32 Å². The Morgan fingerprint density at radius 1 is 1.29 bits per heavy atom. The molecule has 0 aromatic heterocycles. The van der Waals surface area contributed by atoms with Crippen molar-refractivity contribution in [1.29, 1.82) is 5.26 Å². The third kappa shape index (κ3) is 1.88. The highest BCUT2D eigenvalue weighted by Gasteiger charge is 2.39. The molecule has 2 saturated carbocycles. The Balaban J connectivity index is 1.75. The molecule has 3 rings (SSSR count). The summed E-state index contributed by atoms with van der Waals surface area (Å²) in [6.07, 6.45) is 5.25. The van der Waals surface area contributed by atoms with Crippen molar-refractivity contribution in [3.05, 3.63) is 29.6 Å². The second-order valence-electron chi connectivity index (χ2n) is 5.23. The van der Waals surface area contributed by atoms with Gasteiger partial charge in [-0.15, -0.1) is 0 Å². The van der Waals surface area contributed by atoms with Gasteiger partial charge in [0, 0.05) is 11.7 Å². The summed E-state index contributed by atoms with van der Waals surface area (Å²) in [5.74, 6) is 1.22. The lowest BCUT2D eigenvalue weighted by atomic mass is 9.95. The van der Waals surface area contributed by atoms with Crippen molar-refractivity contribution in [3.8, 4) is 6.07 Å². The van der Waals surface area contributed by atoms with E-state index in [0.29, 0.717) is 6.04 Å². The van der Waals surface area contributed by atoms with E-state index in [1.165, 1.54) is 31.7 Å². The van der Waals surface area contributed by atoms with Crippen molar-refractivity contribution in [2.75, 3.05) is 5.32 Å². The van der Waals surface area contributed by atoms with Crippen molar-refractivity contribution in [3.63, 3.8) is 0 Å². The molecule has 2 nitrogen and oxygen atoms in total. The van der Waals surface area contributed by atoms with E-state index < -0.39 is 5.82 Å². The Morgan fingerprint density at radius 2 is 2.18 bits per heavy atom. The minimum atomic E-state index is -0.439. The lowest BCUT2D eigenvalue weighted by Gasteiger charge is -2.24. The summed E-state index contributed by atoms with van der Waals surface area (Å²) in [7, 11) is 0. The average Bonchev–Trinajstić information content (AvgIpc) is 2.93. The molecule has 0 saturated heterocycles. The van der Waals surface area contributed by atoms with E-state index >= 15 is 0 Å². The van der Waals surface area contributed by atoms with E-state index in [1.54, 1.807) is 12.1 Å². The molecule has 0 radical (unpaired) electrons. The van der Waals surface area contributed by atoms with E-state index in [2.05, 4.69) is 5.32 Å². The van der Waals surface area contributed by atoms with Crippen molar-refractivity contribution < 1.29 is 4.39 Å². The molecule has 88 valence electrons. The summed E-state index contributed by atoms with van der Waals surface area (Å²) in [6, 6.07) is 7.10. The molecule has 2 aliphatic rings. The zero-order valence-electron chi connectivity index (χ0n) is 9.62. The van der Waals surface area contributed by atoms with E-state index in [9.17, 15) is 4.39 Å². The third-order valence-corrected chi connectivity index (χ3v) is 4.18. The monoisotopic (exact) mass is 230 g/mol. The quantitative estimate of drug-likeness (QED) is 0.846. The van der Waals surface area contributed by atoms with Gasteiger partial charge in [-0.25, -0.2) is 4.39 Å². The SMILES string of the molecule is N#Cc1cc(NC2CC3CCC2C3)ccc1F. The van der Waals surface area contributed by atoms with E-state index in [4.69, 9.17) is 5.26 Å². The summed E-state index contributed by atoms with van der Waals surface area (Å²) in [6.45, 7) is 0. The number of nitrogens with one attached hydrogen (secondary N) is 1. The largest absolute Gasteiger partial charge is 0.382 e.